The zero-order valence-electron chi connectivity index (χ0n) is 14.9. The minimum atomic E-state index is -3.67. The molecular formula is C19H24ClN3O3S. The van der Waals surface area contributed by atoms with Gasteiger partial charge in [-0.05, 0) is 49.7 Å². The SMILES string of the molecule is Cl.O=C(NCc1ccccc1NS(=O)(=O)c1ccccc1)C1CCNCC1. The molecule has 1 amide bonds. The first-order valence-corrected chi connectivity index (χ1v) is 10.2. The number of para-hydroxylation sites is 1. The Morgan fingerprint density at radius 2 is 1.63 bits per heavy atom. The lowest BCUT2D eigenvalue weighted by atomic mass is 9.97. The van der Waals surface area contributed by atoms with Crippen LogP contribution in [0, 0.1) is 5.92 Å². The first-order chi connectivity index (χ1) is 12.6. The van der Waals surface area contributed by atoms with Crippen molar-refractivity contribution in [2.24, 2.45) is 5.92 Å². The zero-order valence-corrected chi connectivity index (χ0v) is 16.5. The smallest absolute Gasteiger partial charge is 0.261 e. The van der Waals surface area contributed by atoms with Crippen molar-refractivity contribution in [3.8, 4) is 0 Å². The number of carbonyl (C=O) groups is 1. The summed E-state index contributed by atoms with van der Waals surface area (Å²) in [4.78, 5) is 12.5. The molecule has 2 aromatic carbocycles. The highest BCUT2D eigenvalue weighted by Gasteiger charge is 2.21. The van der Waals surface area contributed by atoms with Crippen LogP contribution in [-0.4, -0.2) is 27.4 Å². The maximum absolute atomic E-state index is 12.5. The Morgan fingerprint density at radius 1 is 1.00 bits per heavy atom. The number of carbonyl (C=O) groups excluding carboxylic acids is 1. The Kier molecular flexibility index (Phi) is 7.65. The van der Waals surface area contributed by atoms with Crippen molar-refractivity contribution < 1.29 is 13.2 Å². The van der Waals surface area contributed by atoms with Crippen molar-refractivity contribution in [2.45, 2.75) is 24.3 Å². The summed E-state index contributed by atoms with van der Waals surface area (Å²) in [6.45, 7) is 1.99. The molecule has 146 valence electrons. The lowest BCUT2D eigenvalue weighted by molar-refractivity contribution is -0.125. The fourth-order valence-corrected chi connectivity index (χ4v) is 4.11. The lowest BCUT2D eigenvalue weighted by Crippen LogP contribution is -2.38. The molecule has 2 aromatic rings. The Balaban J connectivity index is 0.00000261. The maximum Gasteiger partial charge on any atom is 0.261 e. The van der Waals surface area contributed by atoms with Crippen molar-refractivity contribution in [1.82, 2.24) is 10.6 Å². The third-order valence-corrected chi connectivity index (χ3v) is 5.86. The zero-order chi connectivity index (χ0) is 18.4. The lowest BCUT2D eigenvalue weighted by Gasteiger charge is -2.22. The van der Waals surface area contributed by atoms with Gasteiger partial charge in [-0.3, -0.25) is 9.52 Å². The average molecular weight is 410 g/mol. The minimum absolute atomic E-state index is 0. The van der Waals surface area contributed by atoms with Crippen LogP contribution in [0.4, 0.5) is 5.69 Å². The van der Waals surface area contributed by atoms with Crippen molar-refractivity contribution in [3.05, 3.63) is 60.2 Å². The highest BCUT2D eigenvalue weighted by molar-refractivity contribution is 7.92. The normalized spacial score (nSPS) is 14.8. The highest BCUT2D eigenvalue weighted by Crippen LogP contribution is 2.20. The van der Waals surface area contributed by atoms with Crippen molar-refractivity contribution in [2.75, 3.05) is 17.8 Å². The Bertz CT molecular complexity index is 854. The summed E-state index contributed by atoms with van der Waals surface area (Å²) >= 11 is 0. The average Bonchev–Trinajstić information content (AvgIpc) is 2.68. The number of hydrogen-bond donors (Lipinski definition) is 3. The number of sulfonamides is 1. The van der Waals surface area contributed by atoms with Gasteiger partial charge in [0.1, 0.15) is 0 Å². The van der Waals surface area contributed by atoms with E-state index in [9.17, 15) is 13.2 Å². The van der Waals surface area contributed by atoms with E-state index >= 15 is 0 Å². The number of amides is 1. The van der Waals surface area contributed by atoms with Gasteiger partial charge in [0.25, 0.3) is 10.0 Å². The summed E-state index contributed by atoms with van der Waals surface area (Å²) in [6.07, 6.45) is 1.65. The van der Waals surface area contributed by atoms with E-state index in [0.29, 0.717) is 5.69 Å². The number of hydrogen-bond acceptors (Lipinski definition) is 4. The highest BCUT2D eigenvalue weighted by atomic mass is 35.5. The molecule has 1 saturated heterocycles. The number of piperidine rings is 1. The molecule has 27 heavy (non-hydrogen) atoms. The molecule has 0 spiro atoms. The van der Waals surface area contributed by atoms with E-state index in [4.69, 9.17) is 0 Å². The fraction of sp³-hybridized carbons (Fsp3) is 0.316. The van der Waals surface area contributed by atoms with Gasteiger partial charge < -0.3 is 10.6 Å². The van der Waals surface area contributed by atoms with E-state index in [1.165, 1.54) is 0 Å². The molecule has 1 aliphatic heterocycles. The first-order valence-electron chi connectivity index (χ1n) is 8.70. The van der Waals surface area contributed by atoms with Gasteiger partial charge in [-0.25, -0.2) is 8.42 Å². The summed E-state index contributed by atoms with van der Waals surface area (Å²) in [6, 6.07) is 15.3. The summed E-state index contributed by atoms with van der Waals surface area (Å²) in [5.74, 6) is 0.0386. The molecular weight excluding hydrogens is 386 g/mol. The van der Waals surface area contributed by atoms with Crippen LogP contribution in [0.25, 0.3) is 0 Å². The maximum atomic E-state index is 12.5. The first kappa shape index (κ1) is 21.2. The van der Waals surface area contributed by atoms with Crippen molar-refractivity contribution >= 4 is 34.0 Å². The molecule has 0 bridgehead atoms. The molecule has 1 fully saturated rings. The molecule has 0 unspecified atom stereocenters. The van der Waals surface area contributed by atoms with E-state index in [2.05, 4.69) is 15.4 Å². The molecule has 8 heteroatoms. The van der Waals surface area contributed by atoms with E-state index in [-0.39, 0.29) is 35.7 Å². The van der Waals surface area contributed by atoms with Gasteiger partial charge in [0, 0.05) is 12.5 Å². The fourth-order valence-electron chi connectivity index (χ4n) is 2.99. The van der Waals surface area contributed by atoms with Crippen LogP contribution in [0.1, 0.15) is 18.4 Å². The van der Waals surface area contributed by atoms with Gasteiger partial charge in [-0.2, -0.15) is 0 Å². The minimum Gasteiger partial charge on any atom is -0.352 e. The molecule has 0 atom stereocenters. The topological polar surface area (TPSA) is 87.3 Å². The van der Waals surface area contributed by atoms with Crippen LogP contribution in [0.2, 0.25) is 0 Å². The predicted octanol–water partition coefficient (Wildman–Crippen LogP) is 2.53. The number of nitrogens with one attached hydrogen (secondary N) is 3. The van der Waals surface area contributed by atoms with Gasteiger partial charge in [0.2, 0.25) is 5.91 Å². The summed E-state index contributed by atoms with van der Waals surface area (Å²) < 4.78 is 27.7. The number of anilines is 1. The van der Waals surface area contributed by atoms with Crippen LogP contribution in [0.3, 0.4) is 0 Å². The summed E-state index contributed by atoms with van der Waals surface area (Å²) in [5, 5.41) is 6.17. The third-order valence-electron chi connectivity index (χ3n) is 4.48. The second-order valence-electron chi connectivity index (χ2n) is 6.32. The van der Waals surface area contributed by atoms with Gasteiger partial charge in [-0.1, -0.05) is 36.4 Å². The number of benzene rings is 2. The second-order valence-corrected chi connectivity index (χ2v) is 8.00. The van der Waals surface area contributed by atoms with E-state index in [1.807, 2.05) is 12.1 Å². The Morgan fingerprint density at radius 3 is 2.33 bits per heavy atom. The van der Waals surface area contributed by atoms with Crippen LogP contribution in [0.5, 0.6) is 0 Å². The molecule has 3 N–H and O–H groups in total. The van der Waals surface area contributed by atoms with E-state index in [0.717, 1.165) is 31.5 Å². The van der Waals surface area contributed by atoms with Gasteiger partial charge >= 0.3 is 0 Å². The quantitative estimate of drug-likeness (QED) is 0.684. The van der Waals surface area contributed by atoms with Crippen LogP contribution < -0.4 is 15.4 Å². The van der Waals surface area contributed by atoms with Crippen LogP contribution in [0.15, 0.2) is 59.5 Å². The van der Waals surface area contributed by atoms with Gasteiger partial charge in [-0.15, -0.1) is 12.4 Å². The second kappa shape index (κ2) is 9.73. The molecule has 3 rings (SSSR count). The summed E-state index contributed by atoms with van der Waals surface area (Å²) in [5.41, 5.74) is 1.20. The molecule has 0 saturated carbocycles. The van der Waals surface area contributed by atoms with Crippen LogP contribution >= 0.6 is 12.4 Å². The molecule has 6 nitrogen and oxygen atoms in total. The number of rotatable bonds is 6. The predicted molar refractivity (Wildman–Crippen MR) is 108 cm³/mol. The van der Waals surface area contributed by atoms with Crippen LogP contribution in [-0.2, 0) is 21.4 Å². The standard InChI is InChI=1S/C19H23N3O3S.ClH/c23-19(15-10-12-20-13-11-15)21-14-16-6-4-5-9-18(16)22-26(24,25)17-7-2-1-3-8-17;/h1-9,15,20,22H,10-14H2,(H,21,23);1H. The van der Waals surface area contributed by atoms with E-state index in [1.54, 1.807) is 42.5 Å². The van der Waals surface area contributed by atoms with Gasteiger partial charge in [0.15, 0.2) is 0 Å². The molecule has 0 aromatic heterocycles. The largest absolute Gasteiger partial charge is 0.352 e. The summed E-state index contributed by atoms with van der Waals surface area (Å²) in [7, 11) is -3.67. The number of halogens is 1. The van der Waals surface area contributed by atoms with Gasteiger partial charge in [0.05, 0.1) is 10.6 Å². The van der Waals surface area contributed by atoms with Crippen molar-refractivity contribution in [3.63, 3.8) is 0 Å². The Hall–Kier alpha value is -2.09. The van der Waals surface area contributed by atoms with E-state index < -0.39 is 10.0 Å². The monoisotopic (exact) mass is 409 g/mol. The molecule has 0 radical (unpaired) electrons. The van der Waals surface area contributed by atoms with Crippen molar-refractivity contribution in [1.29, 1.82) is 0 Å². The molecule has 0 aliphatic carbocycles. The Labute approximate surface area is 166 Å². The third kappa shape index (κ3) is 5.69. The molecule has 1 heterocycles. The molecule has 1 aliphatic rings.